The number of nitrogens with zero attached hydrogens (tertiary/aromatic N) is 3. The van der Waals surface area contributed by atoms with Crippen LogP contribution >= 0.6 is 23.2 Å². The molecule has 6 nitrogen and oxygen atoms in total. The molecule has 170 valence electrons. The average molecular weight is 495 g/mol. The van der Waals surface area contributed by atoms with Crippen LogP contribution < -0.4 is 9.47 Å². The predicted molar refractivity (Wildman–Crippen MR) is 117 cm³/mol. The first-order valence-electron chi connectivity index (χ1n) is 9.46. The number of imidazole rings is 1. The molecule has 0 aliphatic carbocycles. The summed E-state index contributed by atoms with van der Waals surface area (Å²) in [7, 11) is 1.48. The number of alkyl halides is 3. The highest BCUT2D eigenvalue weighted by Crippen LogP contribution is 2.37. The lowest BCUT2D eigenvalue weighted by Gasteiger charge is -2.12. The summed E-state index contributed by atoms with van der Waals surface area (Å²) < 4.78 is 49.6. The number of halogens is 5. The third-order valence-corrected chi connectivity index (χ3v) is 5.08. The lowest BCUT2D eigenvalue weighted by Crippen LogP contribution is -2.10. The SMILES string of the molecule is COc1cc(OCc2cccc(C(F)(F)F)n2)ccc1-c1[nH]c(-c2ccc(Cl)nc2)nc1Cl. The van der Waals surface area contributed by atoms with Crippen LogP contribution in [0.25, 0.3) is 22.6 Å². The largest absolute Gasteiger partial charge is 0.496 e. The van der Waals surface area contributed by atoms with Gasteiger partial charge in [0, 0.05) is 23.4 Å². The Bertz CT molecular complexity index is 1280. The van der Waals surface area contributed by atoms with E-state index in [1.165, 1.54) is 19.2 Å². The number of rotatable bonds is 6. The normalized spacial score (nSPS) is 11.5. The number of nitrogens with one attached hydrogen (secondary N) is 1. The highest BCUT2D eigenvalue weighted by atomic mass is 35.5. The molecule has 1 aromatic carbocycles. The fourth-order valence-electron chi connectivity index (χ4n) is 3.03. The van der Waals surface area contributed by atoms with Crippen LogP contribution in [0.1, 0.15) is 11.4 Å². The maximum Gasteiger partial charge on any atom is 0.433 e. The van der Waals surface area contributed by atoms with Crippen LogP contribution in [0.2, 0.25) is 10.3 Å². The Morgan fingerprint density at radius 3 is 2.55 bits per heavy atom. The zero-order valence-corrected chi connectivity index (χ0v) is 18.5. The van der Waals surface area contributed by atoms with Gasteiger partial charge in [0.2, 0.25) is 0 Å². The summed E-state index contributed by atoms with van der Waals surface area (Å²) in [6.07, 6.45) is -2.96. The number of hydrogen-bond donors (Lipinski definition) is 1. The van der Waals surface area contributed by atoms with Crippen molar-refractivity contribution < 1.29 is 22.6 Å². The lowest BCUT2D eigenvalue weighted by molar-refractivity contribution is -0.141. The summed E-state index contributed by atoms with van der Waals surface area (Å²) in [4.78, 5) is 15.1. The molecule has 0 fully saturated rings. The van der Waals surface area contributed by atoms with E-state index in [9.17, 15) is 13.2 Å². The van der Waals surface area contributed by atoms with Gasteiger partial charge < -0.3 is 14.5 Å². The Morgan fingerprint density at radius 1 is 1.03 bits per heavy atom. The predicted octanol–water partition coefficient (Wildman–Crippen LogP) is 6.45. The van der Waals surface area contributed by atoms with Gasteiger partial charge in [0.05, 0.1) is 18.5 Å². The standard InChI is InChI=1S/C22H15Cl2F3N4O2/c1-32-16-9-14(33-11-13-3-2-4-17(29-13)22(25,26)27)6-7-15(16)19-20(24)31-21(30-19)12-5-8-18(23)28-10-12/h2-10H,11H2,1H3,(H,30,31). The minimum absolute atomic E-state index is 0.144. The van der Waals surface area contributed by atoms with Gasteiger partial charge in [-0.05, 0) is 36.4 Å². The van der Waals surface area contributed by atoms with Crippen molar-refractivity contribution in [2.75, 3.05) is 7.11 Å². The van der Waals surface area contributed by atoms with E-state index < -0.39 is 11.9 Å². The first-order chi connectivity index (χ1) is 15.7. The molecular weight excluding hydrogens is 480 g/mol. The van der Waals surface area contributed by atoms with Crippen molar-refractivity contribution in [2.24, 2.45) is 0 Å². The minimum atomic E-state index is -4.52. The molecule has 4 aromatic rings. The first kappa shape index (κ1) is 22.9. The fourth-order valence-corrected chi connectivity index (χ4v) is 3.37. The number of hydrogen-bond acceptors (Lipinski definition) is 5. The van der Waals surface area contributed by atoms with Crippen LogP contribution in [0.3, 0.4) is 0 Å². The number of methoxy groups -OCH3 is 1. The molecule has 0 saturated carbocycles. The summed E-state index contributed by atoms with van der Waals surface area (Å²) >= 11 is 12.2. The summed E-state index contributed by atoms with van der Waals surface area (Å²) in [5, 5.41) is 0.578. The molecule has 11 heteroatoms. The Labute approximate surface area is 196 Å². The van der Waals surface area contributed by atoms with E-state index in [2.05, 4.69) is 19.9 Å². The van der Waals surface area contributed by atoms with Crippen LogP contribution in [0.5, 0.6) is 11.5 Å². The van der Waals surface area contributed by atoms with Gasteiger partial charge in [-0.25, -0.2) is 15.0 Å². The molecule has 0 radical (unpaired) electrons. The van der Waals surface area contributed by atoms with Crippen molar-refractivity contribution in [3.8, 4) is 34.1 Å². The third-order valence-electron chi connectivity index (χ3n) is 4.59. The first-order valence-corrected chi connectivity index (χ1v) is 10.2. The highest BCUT2D eigenvalue weighted by molar-refractivity contribution is 6.32. The maximum atomic E-state index is 12.8. The summed E-state index contributed by atoms with van der Waals surface area (Å²) in [5.41, 5.74) is 1.00. The van der Waals surface area contributed by atoms with Gasteiger partial charge in [0.25, 0.3) is 0 Å². The summed E-state index contributed by atoms with van der Waals surface area (Å²) in [5.74, 6) is 1.31. The molecule has 0 unspecified atom stereocenters. The molecule has 0 bridgehead atoms. The highest BCUT2D eigenvalue weighted by Gasteiger charge is 2.32. The van der Waals surface area contributed by atoms with E-state index in [4.69, 9.17) is 32.7 Å². The molecule has 0 aliphatic rings. The molecule has 3 aromatic heterocycles. The molecule has 4 rings (SSSR count). The third kappa shape index (κ3) is 5.20. The van der Waals surface area contributed by atoms with E-state index in [-0.39, 0.29) is 17.5 Å². The second kappa shape index (κ2) is 9.29. The number of benzene rings is 1. The number of pyridine rings is 2. The van der Waals surface area contributed by atoms with Crippen molar-refractivity contribution in [2.45, 2.75) is 12.8 Å². The van der Waals surface area contributed by atoms with Crippen molar-refractivity contribution in [3.63, 3.8) is 0 Å². The van der Waals surface area contributed by atoms with Crippen LogP contribution in [0.4, 0.5) is 13.2 Å². The molecule has 3 heterocycles. The maximum absolute atomic E-state index is 12.8. The van der Waals surface area contributed by atoms with Crippen molar-refractivity contribution in [3.05, 3.63) is 76.4 Å². The number of aromatic amines is 1. The van der Waals surface area contributed by atoms with E-state index in [0.29, 0.717) is 39.3 Å². The Balaban J connectivity index is 1.56. The average Bonchev–Trinajstić information content (AvgIpc) is 3.19. The second-order valence-electron chi connectivity index (χ2n) is 6.78. The molecule has 0 atom stereocenters. The van der Waals surface area contributed by atoms with Gasteiger partial charge in [0.15, 0.2) is 5.15 Å². The van der Waals surface area contributed by atoms with Gasteiger partial charge >= 0.3 is 6.18 Å². The van der Waals surface area contributed by atoms with Gasteiger partial charge in [-0.1, -0.05) is 29.3 Å². The van der Waals surface area contributed by atoms with E-state index in [1.807, 2.05) is 0 Å². The number of ether oxygens (including phenoxy) is 2. The Kier molecular flexibility index (Phi) is 6.44. The quantitative estimate of drug-likeness (QED) is 0.312. The van der Waals surface area contributed by atoms with Crippen LogP contribution in [0, 0.1) is 0 Å². The van der Waals surface area contributed by atoms with Crippen LogP contribution in [-0.2, 0) is 12.8 Å². The topological polar surface area (TPSA) is 72.9 Å². The molecular formula is C22H15Cl2F3N4O2. The molecule has 0 amide bonds. The number of aromatic nitrogens is 4. The van der Waals surface area contributed by atoms with Crippen molar-refractivity contribution in [1.82, 2.24) is 19.9 Å². The molecule has 1 N–H and O–H groups in total. The zero-order valence-electron chi connectivity index (χ0n) is 17.0. The van der Waals surface area contributed by atoms with Gasteiger partial charge in [-0.15, -0.1) is 0 Å². The molecule has 33 heavy (non-hydrogen) atoms. The van der Waals surface area contributed by atoms with Gasteiger partial charge in [-0.3, -0.25) is 0 Å². The molecule has 0 spiro atoms. The fraction of sp³-hybridized carbons (Fsp3) is 0.136. The number of H-pyrrole nitrogens is 1. The van der Waals surface area contributed by atoms with Crippen molar-refractivity contribution in [1.29, 1.82) is 0 Å². The Hall–Kier alpha value is -3.30. The molecule has 0 aliphatic heterocycles. The van der Waals surface area contributed by atoms with Crippen molar-refractivity contribution >= 4 is 23.2 Å². The minimum Gasteiger partial charge on any atom is -0.496 e. The molecule has 0 saturated heterocycles. The van der Waals surface area contributed by atoms with E-state index >= 15 is 0 Å². The zero-order chi connectivity index (χ0) is 23.6. The summed E-state index contributed by atoms with van der Waals surface area (Å²) in [6, 6.07) is 12.0. The van der Waals surface area contributed by atoms with E-state index in [1.54, 1.807) is 36.5 Å². The van der Waals surface area contributed by atoms with Crippen LogP contribution in [-0.4, -0.2) is 27.0 Å². The van der Waals surface area contributed by atoms with Crippen LogP contribution in [0.15, 0.2) is 54.7 Å². The van der Waals surface area contributed by atoms with Gasteiger partial charge in [-0.2, -0.15) is 13.2 Å². The Morgan fingerprint density at radius 2 is 1.85 bits per heavy atom. The van der Waals surface area contributed by atoms with Gasteiger partial charge in [0.1, 0.15) is 34.8 Å². The monoisotopic (exact) mass is 494 g/mol. The smallest absolute Gasteiger partial charge is 0.433 e. The summed E-state index contributed by atoms with van der Waals surface area (Å²) in [6.45, 7) is -0.148. The lowest BCUT2D eigenvalue weighted by atomic mass is 10.1. The second-order valence-corrected chi connectivity index (χ2v) is 7.53. The van der Waals surface area contributed by atoms with E-state index in [0.717, 1.165) is 6.07 Å².